The van der Waals surface area contributed by atoms with Gasteiger partial charge in [-0.15, -0.1) is 0 Å². The van der Waals surface area contributed by atoms with Crippen molar-refractivity contribution in [2.75, 3.05) is 6.61 Å². The molecule has 4 N–H and O–H groups in total. The molecule has 1 aliphatic heterocycles. The maximum Gasteiger partial charge on any atom is 0.263 e. The zero-order valence-electron chi connectivity index (χ0n) is 9.91. The van der Waals surface area contributed by atoms with E-state index in [0.717, 1.165) is 0 Å². The molecule has 0 spiro atoms. The summed E-state index contributed by atoms with van der Waals surface area (Å²) >= 11 is 9.89. The first-order chi connectivity index (χ1) is 8.72. The van der Waals surface area contributed by atoms with Crippen LogP contribution in [0.5, 0.6) is 0 Å². The number of aromatic nitrogens is 2. The van der Waals surface area contributed by atoms with Crippen LogP contribution in [0.2, 0.25) is 0 Å². The number of aliphatic hydroxyl groups is 3. The fraction of sp³-hybridized carbons (Fsp3) is 0.600. The maximum absolute atomic E-state index is 14.1. The summed E-state index contributed by atoms with van der Waals surface area (Å²) in [5.41, 5.74) is -1.97. The molecule has 0 aromatic carbocycles. The standard InChI is InChI=1S/C10H13FN2O4S2/c1-9(16)6(15)10(11,4-14)17-7(9)13-3-2-5(18)12-8(13)19/h2-3,6-7,14-16H,4H2,1H3,(H,12,18,19)/t6-,7-,9?,10-/m1/s1. The Kier molecular flexibility index (Phi) is 3.62. The number of aromatic amines is 1. The van der Waals surface area contributed by atoms with Crippen molar-refractivity contribution in [3.05, 3.63) is 21.7 Å². The number of halogens is 1. The highest BCUT2D eigenvalue weighted by molar-refractivity contribution is 7.72. The summed E-state index contributed by atoms with van der Waals surface area (Å²) in [6.07, 6.45) is -1.80. The lowest BCUT2D eigenvalue weighted by atomic mass is 9.95. The molecule has 1 aliphatic rings. The minimum Gasteiger partial charge on any atom is -0.390 e. The Balaban J connectivity index is 2.51. The molecular weight excluding hydrogens is 295 g/mol. The molecule has 1 fully saturated rings. The molecule has 2 heterocycles. The van der Waals surface area contributed by atoms with Crippen molar-refractivity contribution in [3.63, 3.8) is 0 Å². The molecule has 0 radical (unpaired) electrons. The lowest BCUT2D eigenvalue weighted by molar-refractivity contribution is -0.207. The highest BCUT2D eigenvalue weighted by Crippen LogP contribution is 2.44. The van der Waals surface area contributed by atoms with Crippen LogP contribution < -0.4 is 0 Å². The zero-order valence-corrected chi connectivity index (χ0v) is 11.5. The Bertz CT molecular complexity index is 602. The average molecular weight is 308 g/mol. The molecular formula is C10H13FN2O4S2. The Morgan fingerprint density at radius 2 is 2.21 bits per heavy atom. The van der Waals surface area contributed by atoms with Gasteiger partial charge < -0.3 is 25.0 Å². The molecule has 6 nitrogen and oxygen atoms in total. The molecule has 0 saturated carbocycles. The van der Waals surface area contributed by atoms with Gasteiger partial charge in [0.25, 0.3) is 5.85 Å². The van der Waals surface area contributed by atoms with Gasteiger partial charge in [0, 0.05) is 6.20 Å². The first-order valence-corrected chi connectivity index (χ1v) is 6.23. The lowest BCUT2D eigenvalue weighted by Crippen LogP contribution is -2.48. The quantitative estimate of drug-likeness (QED) is 0.597. The molecule has 1 aromatic heterocycles. The van der Waals surface area contributed by atoms with E-state index in [1.54, 1.807) is 0 Å². The van der Waals surface area contributed by atoms with E-state index in [4.69, 9.17) is 34.3 Å². The van der Waals surface area contributed by atoms with Crippen LogP contribution in [0.4, 0.5) is 4.39 Å². The monoisotopic (exact) mass is 308 g/mol. The topological polar surface area (TPSA) is 90.6 Å². The summed E-state index contributed by atoms with van der Waals surface area (Å²) in [6, 6.07) is 1.48. The van der Waals surface area contributed by atoms with Gasteiger partial charge in [-0.05, 0) is 25.2 Å². The SMILES string of the molecule is CC1(O)[C@@H](O)[C@@](F)(CO)O[C@H]1n1ccc(=S)[nH]c1=S. The molecule has 9 heteroatoms. The van der Waals surface area contributed by atoms with Crippen molar-refractivity contribution < 1.29 is 24.4 Å². The number of aliphatic hydroxyl groups excluding tert-OH is 2. The van der Waals surface area contributed by atoms with Crippen LogP contribution >= 0.6 is 24.4 Å². The Labute approximate surface area is 118 Å². The minimum absolute atomic E-state index is 0.104. The maximum atomic E-state index is 14.1. The van der Waals surface area contributed by atoms with Gasteiger partial charge in [0.1, 0.15) is 23.0 Å². The molecule has 0 amide bonds. The van der Waals surface area contributed by atoms with Gasteiger partial charge in [0.15, 0.2) is 11.0 Å². The van der Waals surface area contributed by atoms with Crippen LogP contribution in [0.1, 0.15) is 13.2 Å². The highest BCUT2D eigenvalue weighted by atomic mass is 32.1. The van der Waals surface area contributed by atoms with Gasteiger partial charge in [-0.25, -0.2) is 4.39 Å². The van der Waals surface area contributed by atoms with E-state index < -0.39 is 30.4 Å². The minimum atomic E-state index is -2.75. The van der Waals surface area contributed by atoms with Crippen LogP contribution in [0.15, 0.2) is 12.3 Å². The normalized spacial score (nSPS) is 38.6. The van der Waals surface area contributed by atoms with E-state index in [1.807, 2.05) is 0 Å². The summed E-state index contributed by atoms with van der Waals surface area (Å²) in [5, 5.41) is 28.9. The van der Waals surface area contributed by atoms with E-state index >= 15 is 0 Å². The number of rotatable bonds is 2. The Hall–Kier alpha value is -0.710. The van der Waals surface area contributed by atoms with Gasteiger partial charge in [0.05, 0.1) is 0 Å². The van der Waals surface area contributed by atoms with E-state index in [-0.39, 0.29) is 4.77 Å². The fourth-order valence-corrected chi connectivity index (χ4v) is 2.50. The van der Waals surface area contributed by atoms with Crippen LogP contribution in [0.3, 0.4) is 0 Å². The summed E-state index contributed by atoms with van der Waals surface area (Å²) in [7, 11) is 0. The second-order valence-electron chi connectivity index (χ2n) is 4.56. The van der Waals surface area contributed by atoms with Crippen molar-refractivity contribution in [1.29, 1.82) is 0 Å². The van der Waals surface area contributed by atoms with Gasteiger partial charge in [-0.3, -0.25) is 4.57 Å². The highest BCUT2D eigenvalue weighted by Gasteiger charge is 2.62. The first-order valence-electron chi connectivity index (χ1n) is 5.42. The average Bonchev–Trinajstić information content (AvgIpc) is 2.51. The summed E-state index contributed by atoms with van der Waals surface area (Å²) in [4.78, 5) is 2.65. The van der Waals surface area contributed by atoms with E-state index in [2.05, 4.69) is 4.98 Å². The number of ether oxygens (including phenoxy) is 1. The van der Waals surface area contributed by atoms with Crippen LogP contribution in [-0.2, 0) is 4.74 Å². The molecule has 1 aromatic rings. The van der Waals surface area contributed by atoms with Crippen molar-refractivity contribution >= 4 is 24.4 Å². The Morgan fingerprint density at radius 3 is 2.68 bits per heavy atom. The van der Waals surface area contributed by atoms with E-state index in [9.17, 15) is 14.6 Å². The second kappa shape index (κ2) is 4.69. The number of H-pyrrole nitrogens is 1. The number of hydrogen-bond acceptors (Lipinski definition) is 6. The van der Waals surface area contributed by atoms with Crippen LogP contribution in [-0.4, -0.2) is 49.0 Å². The number of nitrogens with zero attached hydrogens (tertiary/aromatic N) is 1. The van der Waals surface area contributed by atoms with Gasteiger partial charge in [0.2, 0.25) is 0 Å². The van der Waals surface area contributed by atoms with E-state index in [1.165, 1.54) is 23.8 Å². The molecule has 0 aliphatic carbocycles. The molecule has 106 valence electrons. The van der Waals surface area contributed by atoms with Crippen molar-refractivity contribution in [1.82, 2.24) is 9.55 Å². The summed E-state index contributed by atoms with van der Waals surface area (Å²) < 4.78 is 20.8. The largest absolute Gasteiger partial charge is 0.390 e. The number of alkyl halides is 1. The molecule has 1 unspecified atom stereocenters. The molecule has 19 heavy (non-hydrogen) atoms. The van der Waals surface area contributed by atoms with Crippen LogP contribution in [0.25, 0.3) is 0 Å². The van der Waals surface area contributed by atoms with Crippen molar-refractivity contribution in [2.45, 2.75) is 30.7 Å². The second-order valence-corrected chi connectivity index (χ2v) is 5.39. The zero-order chi connectivity index (χ0) is 14.4. The number of hydrogen-bond donors (Lipinski definition) is 4. The third-order valence-corrected chi connectivity index (χ3v) is 3.64. The molecule has 2 rings (SSSR count). The summed E-state index contributed by atoms with van der Waals surface area (Å²) in [5.74, 6) is -2.75. The summed E-state index contributed by atoms with van der Waals surface area (Å²) in [6.45, 7) is 0.111. The number of nitrogens with one attached hydrogen (secondary N) is 1. The lowest BCUT2D eigenvalue weighted by Gasteiger charge is -2.27. The third kappa shape index (κ3) is 2.26. The van der Waals surface area contributed by atoms with Gasteiger partial charge in [-0.1, -0.05) is 12.2 Å². The molecule has 0 bridgehead atoms. The predicted molar refractivity (Wildman–Crippen MR) is 68.1 cm³/mol. The van der Waals surface area contributed by atoms with Gasteiger partial charge in [-0.2, -0.15) is 0 Å². The fourth-order valence-electron chi connectivity index (χ4n) is 2.01. The van der Waals surface area contributed by atoms with Crippen LogP contribution in [0, 0.1) is 9.41 Å². The van der Waals surface area contributed by atoms with E-state index in [0.29, 0.717) is 4.64 Å². The smallest absolute Gasteiger partial charge is 0.263 e. The van der Waals surface area contributed by atoms with Gasteiger partial charge >= 0.3 is 0 Å². The third-order valence-electron chi connectivity index (χ3n) is 3.09. The van der Waals surface area contributed by atoms with Crippen molar-refractivity contribution in [2.24, 2.45) is 0 Å². The first kappa shape index (κ1) is 14.7. The van der Waals surface area contributed by atoms with Crippen molar-refractivity contribution in [3.8, 4) is 0 Å². The predicted octanol–water partition coefficient (Wildman–Crippen LogP) is 0.574. The molecule has 4 atom stereocenters. The Morgan fingerprint density at radius 1 is 1.58 bits per heavy atom. The molecule has 1 saturated heterocycles.